The number of hydroxylamine groups is 1. The number of carbonyl (C=O) groups is 2. The molecule has 2 N–H and O–H groups in total. The molecule has 3 rings (SSSR count). The van der Waals surface area contributed by atoms with E-state index >= 15 is 0 Å². The summed E-state index contributed by atoms with van der Waals surface area (Å²) < 4.78 is 111. The molecule has 11 heteroatoms. The third-order valence-corrected chi connectivity index (χ3v) is 4.32. The summed E-state index contributed by atoms with van der Waals surface area (Å²) >= 11 is 0. The number of halogens is 4. The van der Waals surface area contributed by atoms with E-state index in [4.69, 9.17) is 13.0 Å². The summed E-state index contributed by atoms with van der Waals surface area (Å²) in [5.74, 6) is -11.2. The Morgan fingerprint density at radius 1 is 0.968 bits per heavy atom. The molecule has 164 valence electrons. The first-order valence-corrected chi connectivity index (χ1v) is 8.34. The van der Waals surface area contributed by atoms with Crippen LogP contribution in [0.4, 0.5) is 23.2 Å². The van der Waals surface area contributed by atoms with E-state index in [-0.39, 0.29) is 0 Å². The van der Waals surface area contributed by atoms with Gasteiger partial charge in [0.1, 0.15) is 11.4 Å². The molecule has 0 aliphatic carbocycles. The van der Waals surface area contributed by atoms with Gasteiger partial charge in [-0.2, -0.15) is 0 Å². The largest absolute Gasteiger partial charge is 0.496 e. The van der Waals surface area contributed by atoms with Crippen LogP contribution < -0.4 is 15.5 Å². The minimum absolute atomic E-state index is 0.462. The van der Waals surface area contributed by atoms with Crippen LogP contribution in [0.25, 0.3) is 11.1 Å². The van der Waals surface area contributed by atoms with Crippen LogP contribution >= 0.6 is 0 Å². The lowest BCUT2D eigenvalue weighted by atomic mass is 10.0. The van der Waals surface area contributed by atoms with E-state index in [0.717, 1.165) is 12.1 Å². The van der Waals surface area contributed by atoms with E-state index in [1.165, 1.54) is 12.1 Å². The van der Waals surface area contributed by atoms with E-state index in [1.54, 1.807) is 10.8 Å². The van der Waals surface area contributed by atoms with Crippen molar-refractivity contribution < 1.29 is 49.7 Å². The Morgan fingerprint density at radius 3 is 2.26 bits per heavy atom. The third-order valence-electron chi connectivity index (χ3n) is 4.32. The highest BCUT2D eigenvalue weighted by Gasteiger charge is 2.31. The fraction of sp³-hybridized carbons (Fsp3) is 0.200. The van der Waals surface area contributed by atoms with Crippen molar-refractivity contribution >= 4 is 17.5 Å². The quantitative estimate of drug-likeness (QED) is 0.405. The number of methoxy groups -OCH3 is 1. The fourth-order valence-corrected chi connectivity index (χ4v) is 2.87. The summed E-state index contributed by atoms with van der Waals surface area (Å²) in [5.41, 5.74) is -2.88. The van der Waals surface area contributed by atoms with Crippen molar-refractivity contribution in [3.63, 3.8) is 0 Å². The molecule has 0 spiro atoms. The molecule has 1 aliphatic rings. The van der Waals surface area contributed by atoms with Crippen molar-refractivity contribution in [2.24, 2.45) is 0 Å². The third kappa shape index (κ3) is 4.09. The number of ether oxygens (including phenoxy) is 2. The fourth-order valence-electron chi connectivity index (χ4n) is 2.87. The number of hydrogen-bond donors (Lipinski definition) is 2. The number of rotatable bonds is 6. The first kappa shape index (κ1) is 15.4. The zero-order valence-electron chi connectivity index (χ0n) is 21.3. The summed E-state index contributed by atoms with van der Waals surface area (Å²) in [7, 11) is -6.07. The average Bonchev–Trinajstić information content (AvgIpc) is 3.29. The number of para-hydroxylation sites is 1. The number of amides is 2. The van der Waals surface area contributed by atoms with Crippen molar-refractivity contribution in [1.82, 2.24) is 5.48 Å². The minimum atomic E-state index is -3.05. The van der Waals surface area contributed by atoms with E-state index in [2.05, 4.69) is 9.57 Å². The standard InChI is InChI=1S/C20H16F4N2O5/c1-29-12-6-4-3-5-9(12)13-14(21)16(23)18(17(24)15(13)22)25-19(27)10-7-31-8-11(10)20(28)26-30-2/h3-6H,7-8H2,1-2H3,(H,25,27)(H,26,28)/i1D3,2D3. The zero-order valence-corrected chi connectivity index (χ0v) is 15.3. The van der Waals surface area contributed by atoms with Crippen molar-refractivity contribution in [3.05, 3.63) is 58.7 Å². The van der Waals surface area contributed by atoms with Crippen LogP contribution in [0.5, 0.6) is 5.75 Å². The number of anilines is 1. The van der Waals surface area contributed by atoms with Crippen molar-refractivity contribution in [1.29, 1.82) is 0 Å². The predicted molar refractivity (Wildman–Crippen MR) is 99.9 cm³/mol. The molecule has 0 unspecified atom stereocenters. The lowest BCUT2D eigenvalue weighted by molar-refractivity contribution is -0.127. The Hall–Kier alpha value is -3.44. The summed E-state index contributed by atoms with van der Waals surface area (Å²) in [4.78, 5) is 28.8. The number of hydrogen-bond acceptors (Lipinski definition) is 5. The Labute approximate surface area is 182 Å². The molecule has 0 fully saturated rings. The maximum Gasteiger partial charge on any atom is 0.273 e. The Kier molecular flexibility index (Phi) is 4.54. The molecule has 31 heavy (non-hydrogen) atoms. The van der Waals surface area contributed by atoms with Gasteiger partial charge in [-0.05, 0) is 6.07 Å². The van der Waals surface area contributed by atoms with Crippen LogP contribution in [0, 0.1) is 23.3 Å². The molecular weight excluding hydrogens is 424 g/mol. The van der Waals surface area contributed by atoms with Crippen molar-refractivity contribution in [2.45, 2.75) is 0 Å². The van der Waals surface area contributed by atoms with Crippen LogP contribution in [0.15, 0.2) is 35.4 Å². The molecule has 0 saturated carbocycles. The minimum Gasteiger partial charge on any atom is -0.496 e. The second-order valence-corrected chi connectivity index (χ2v) is 6.04. The Bertz CT molecular complexity index is 1250. The first-order chi connectivity index (χ1) is 17.1. The highest BCUT2D eigenvalue weighted by atomic mass is 19.2. The maximum absolute atomic E-state index is 14.9. The molecular formula is C20H16F4N2O5. The summed E-state index contributed by atoms with van der Waals surface area (Å²) in [5, 5.41) is 1.63. The number of nitrogens with one attached hydrogen (secondary N) is 2. The molecule has 1 heterocycles. The van der Waals surface area contributed by atoms with Gasteiger partial charge in [0.05, 0.1) is 52.2 Å². The Balaban J connectivity index is 1.98. The highest BCUT2D eigenvalue weighted by Crippen LogP contribution is 2.38. The van der Waals surface area contributed by atoms with E-state index in [1.807, 2.05) is 0 Å². The second kappa shape index (κ2) is 9.14. The predicted octanol–water partition coefficient (Wildman–Crippen LogP) is 2.86. The number of benzene rings is 2. The summed E-state index contributed by atoms with van der Waals surface area (Å²) in [6, 6.07) is 4.45. The molecule has 2 amide bonds. The molecule has 0 saturated heterocycles. The smallest absolute Gasteiger partial charge is 0.273 e. The molecule has 1 aliphatic heterocycles. The van der Waals surface area contributed by atoms with Crippen molar-refractivity contribution in [3.8, 4) is 16.9 Å². The highest BCUT2D eigenvalue weighted by molar-refractivity contribution is 6.10. The SMILES string of the molecule is [2H]C([2H])([2H])ONC(=O)C1=C(C(=O)Nc2c(F)c(F)c(-c3ccccc3OC([2H])([2H])[2H])c(F)c2F)COC1. The van der Waals surface area contributed by atoms with Gasteiger partial charge in [-0.3, -0.25) is 14.4 Å². The van der Waals surface area contributed by atoms with Gasteiger partial charge in [0.25, 0.3) is 11.8 Å². The monoisotopic (exact) mass is 446 g/mol. The lowest BCUT2D eigenvalue weighted by Crippen LogP contribution is -2.27. The van der Waals surface area contributed by atoms with Gasteiger partial charge in [0, 0.05) is 5.56 Å². The van der Waals surface area contributed by atoms with Gasteiger partial charge in [-0.15, -0.1) is 0 Å². The lowest BCUT2D eigenvalue weighted by Gasteiger charge is -2.15. The van der Waals surface area contributed by atoms with Gasteiger partial charge >= 0.3 is 0 Å². The van der Waals surface area contributed by atoms with Crippen LogP contribution in [0.2, 0.25) is 0 Å². The average molecular weight is 446 g/mol. The summed E-state index contributed by atoms with van der Waals surface area (Å²) in [6.07, 6.45) is 0. The van der Waals surface area contributed by atoms with E-state index in [0.29, 0.717) is 0 Å². The van der Waals surface area contributed by atoms with Crippen LogP contribution in [0.1, 0.15) is 8.22 Å². The zero-order chi connectivity index (χ0) is 27.7. The normalized spacial score (nSPS) is 17.0. The molecule has 2 aromatic rings. The van der Waals surface area contributed by atoms with Crippen LogP contribution in [-0.2, 0) is 19.2 Å². The van der Waals surface area contributed by atoms with Crippen molar-refractivity contribution in [2.75, 3.05) is 32.6 Å². The summed E-state index contributed by atoms with van der Waals surface area (Å²) in [6.45, 7) is -1.07. The first-order valence-electron chi connectivity index (χ1n) is 11.3. The van der Waals surface area contributed by atoms with Crippen LogP contribution in [-0.4, -0.2) is 39.1 Å². The van der Waals surface area contributed by atoms with Gasteiger partial charge in [0.15, 0.2) is 23.3 Å². The van der Waals surface area contributed by atoms with Gasteiger partial charge < -0.3 is 14.8 Å². The molecule has 0 atom stereocenters. The molecule has 2 aromatic carbocycles. The molecule has 0 aromatic heterocycles. The van der Waals surface area contributed by atoms with Gasteiger partial charge in [-0.1, -0.05) is 18.2 Å². The maximum atomic E-state index is 14.9. The van der Waals surface area contributed by atoms with Gasteiger partial charge in [-0.25, -0.2) is 23.0 Å². The molecule has 0 radical (unpaired) electrons. The topological polar surface area (TPSA) is 85.9 Å². The van der Waals surface area contributed by atoms with Gasteiger partial charge in [0.2, 0.25) is 0 Å². The Morgan fingerprint density at radius 2 is 1.61 bits per heavy atom. The van der Waals surface area contributed by atoms with E-state index < -0.39 is 96.1 Å². The molecule has 7 nitrogen and oxygen atoms in total. The van der Waals surface area contributed by atoms with E-state index in [9.17, 15) is 27.2 Å². The number of carbonyl (C=O) groups excluding carboxylic acids is 2. The molecule has 0 bridgehead atoms. The van der Waals surface area contributed by atoms with Crippen LogP contribution in [0.3, 0.4) is 0 Å². The second-order valence-electron chi connectivity index (χ2n) is 6.04.